The summed E-state index contributed by atoms with van der Waals surface area (Å²) in [5, 5.41) is 10.1. The average molecular weight is 340 g/mol. The Hall–Kier alpha value is -0.330. The van der Waals surface area contributed by atoms with E-state index >= 15 is 0 Å². The van der Waals surface area contributed by atoms with Crippen LogP contribution in [0.25, 0.3) is 0 Å². The molecular formula is C13H19Cl2NO3S. The van der Waals surface area contributed by atoms with Crippen LogP contribution in [0.1, 0.15) is 30.9 Å². The second-order valence-corrected chi connectivity index (χ2v) is 7.23. The molecule has 2 N–H and O–H groups in total. The first-order chi connectivity index (χ1) is 9.20. The molecular weight excluding hydrogens is 321 g/mol. The number of benzene rings is 1. The maximum Gasteiger partial charge on any atom is 0.242 e. The molecule has 1 aromatic rings. The first-order valence-corrected chi connectivity index (χ1v) is 8.57. The molecule has 1 rings (SSSR count). The van der Waals surface area contributed by atoms with Crippen LogP contribution in [0.2, 0.25) is 10.0 Å². The Morgan fingerprint density at radius 2 is 1.95 bits per heavy atom. The Kier molecular flexibility index (Phi) is 6.28. The number of hydrogen-bond acceptors (Lipinski definition) is 3. The third-order valence-corrected chi connectivity index (χ3v) is 5.57. The van der Waals surface area contributed by atoms with Crippen molar-refractivity contribution in [1.82, 2.24) is 4.72 Å². The zero-order valence-electron chi connectivity index (χ0n) is 11.7. The number of aryl methyl sites for hydroxylation is 1. The summed E-state index contributed by atoms with van der Waals surface area (Å²) in [5.41, 5.74) is 0.997. The van der Waals surface area contributed by atoms with Gasteiger partial charge in [0.1, 0.15) is 4.90 Å². The smallest absolute Gasteiger partial charge is 0.242 e. The predicted molar refractivity (Wildman–Crippen MR) is 82.0 cm³/mol. The average Bonchev–Trinajstić information content (AvgIpc) is 2.35. The van der Waals surface area contributed by atoms with Gasteiger partial charge in [-0.2, -0.15) is 0 Å². The molecule has 0 aliphatic heterocycles. The minimum atomic E-state index is -3.81. The SMILES string of the molecule is CCCC(O)CNS(=O)(=O)c1c(C)c(Cl)cc(C)c1Cl. The fourth-order valence-electron chi connectivity index (χ4n) is 1.85. The quantitative estimate of drug-likeness (QED) is 0.836. The van der Waals surface area contributed by atoms with Gasteiger partial charge >= 0.3 is 0 Å². The monoisotopic (exact) mass is 339 g/mol. The topological polar surface area (TPSA) is 66.4 Å². The first kappa shape index (κ1) is 17.7. The Morgan fingerprint density at radius 1 is 1.35 bits per heavy atom. The van der Waals surface area contributed by atoms with Crippen molar-refractivity contribution < 1.29 is 13.5 Å². The lowest BCUT2D eigenvalue weighted by molar-refractivity contribution is 0.167. The molecule has 0 aliphatic rings. The van der Waals surface area contributed by atoms with E-state index in [2.05, 4.69) is 4.72 Å². The van der Waals surface area contributed by atoms with E-state index in [1.807, 2.05) is 6.92 Å². The highest BCUT2D eigenvalue weighted by atomic mass is 35.5. The third-order valence-electron chi connectivity index (χ3n) is 2.99. The lowest BCUT2D eigenvalue weighted by Gasteiger charge is -2.15. The van der Waals surface area contributed by atoms with Crippen molar-refractivity contribution in [3.8, 4) is 0 Å². The standard InChI is InChI=1S/C13H19Cl2NO3S/c1-4-5-10(17)7-16-20(18,19)13-9(3)11(14)6-8(2)12(13)15/h6,10,16-17H,4-5,7H2,1-3H3. The van der Waals surface area contributed by atoms with Crippen LogP contribution in [0.4, 0.5) is 0 Å². The number of halogens is 2. The van der Waals surface area contributed by atoms with Crippen LogP contribution in [-0.4, -0.2) is 26.2 Å². The minimum absolute atomic E-state index is 0.0205. The van der Waals surface area contributed by atoms with Crippen molar-refractivity contribution >= 4 is 33.2 Å². The Balaban J connectivity index is 3.10. The van der Waals surface area contributed by atoms with Crippen LogP contribution >= 0.6 is 23.2 Å². The van der Waals surface area contributed by atoms with Crippen LogP contribution in [0.5, 0.6) is 0 Å². The van der Waals surface area contributed by atoms with Crippen LogP contribution in [-0.2, 0) is 10.0 Å². The molecule has 0 heterocycles. The van der Waals surface area contributed by atoms with Gasteiger partial charge in [0.2, 0.25) is 10.0 Å². The second-order valence-electron chi connectivity index (χ2n) is 4.74. The summed E-state index contributed by atoms with van der Waals surface area (Å²) < 4.78 is 27.0. The molecule has 0 fully saturated rings. The van der Waals surface area contributed by atoms with E-state index in [9.17, 15) is 13.5 Å². The number of aliphatic hydroxyl groups is 1. The van der Waals surface area contributed by atoms with Crippen LogP contribution in [0, 0.1) is 13.8 Å². The van der Waals surface area contributed by atoms with Crippen LogP contribution in [0.3, 0.4) is 0 Å². The van der Waals surface area contributed by atoms with Gasteiger partial charge in [-0.25, -0.2) is 13.1 Å². The highest BCUT2D eigenvalue weighted by Gasteiger charge is 2.24. The summed E-state index contributed by atoms with van der Waals surface area (Å²) in [6.07, 6.45) is 0.595. The van der Waals surface area contributed by atoms with E-state index in [4.69, 9.17) is 23.2 Å². The lowest BCUT2D eigenvalue weighted by atomic mass is 10.2. The van der Waals surface area contributed by atoms with Gasteiger partial charge in [0, 0.05) is 11.6 Å². The zero-order chi connectivity index (χ0) is 15.5. The fraction of sp³-hybridized carbons (Fsp3) is 0.538. The van der Waals surface area contributed by atoms with E-state index in [-0.39, 0.29) is 16.5 Å². The number of hydrogen-bond donors (Lipinski definition) is 2. The predicted octanol–water partition coefficient (Wildman–Crippen LogP) is 3.05. The largest absolute Gasteiger partial charge is 0.392 e. The van der Waals surface area contributed by atoms with Gasteiger partial charge in [-0.15, -0.1) is 0 Å². The molecule has 0 saturated heterocycles. The number of aliphatic hydroxyl groups excluding tert-OH is 1. The van der Waals surface area contributed by atoms with Gasteiger partial charge in [0.25, 0.3) is 0 Å². The molecule has 0 saturated carbocycles. The molecule has 0 bridgehead atoms. The third kappa shape index (κ3) is 4.09. The zero-order valence-corrected chi connectivity index (χ0v) is 14.0. The lowest BCUT2D eigenvalue weighted by Crippen LogP contribution is -2.32. The molecule has 114 valence electrons. The van der Waals surface area contributed by atoms with Gasteiger partial charge in [-0.1, -0.05) is 36.5 Å². The normalized spacial score (nSPS) is 13.5. The molecule has 0 radical (unpaired) electrons. The fourth-order valence-corrected chi connectivity index (χ4v) is 4.13. The van der Waals surface area contributed by atoms with E-state index in [0.717, 1.165) is 6.42 Å². The molecule has 1 unspecified atom stereocenters. The summed E-state index contributed by atoms with van der Waals surface area (Å²) in [5.74, 6) is 0. The van der Waals surface area contributed by atoms with Crippen molar-refractivity contribution in [1.29, 1.82) is 0 Å². The molecule has 0 spiro atoms. The number of sulfonamides is 1. The Labute approximate surface area is 130 Å². The van der Waals surface area contributed by atoms with Crippen molar-refractivity contribution in [3.63, 3.8) is 0 Å². The van der Waals surface area contributed by atoms with Crippen LogP contribution in [0.15, 0.2) is 11.0 Å². The van der Waals surface area contributed by atoms with Gasteiger partial charge in [0.05, 0.1) is 11.1 Å². The highest BCUT2D eigenvalue weighted by Crippen LogP contribution is 2.33. The molecule has 1 aromatic carbocycles. The maximum absolute atomic E-state index is 12.3. The molecule has 20 heavy (non-hydrogen) atoms. The molecule has 7 heteroatoms. The Bertz CT molecular complexity index is 562. The molecule has 4 nitrogen and oxygen atoms in total. The van der Waals surface area contributed by atoms with E-state index in [1.54, 1.807) is 19.9 Å². The summed E-state index contributed by atoms with van der Waals surface area (Å²) in [6.45, 7) is 5.17. The summed E-state index contributed by atoms with van der Waals surface area (Å²) in [6, 6.07) is 1.63. The number of nitrogens with one attached hydrogen (secondary N) is 1. The summed E-state index contributed by atoms with van der Waals surface area (Å²) in [4.78, 5) is -0.0205. The van der Waals surface area contributed by atoms with Crippen LogP contribution < -0.4 is 4.72 Å². The molecule has 0 aromatic heterocycles. The number of rotatable bonds is 6. The highest BCUT2D eigenvalue weighted by molar-refractivity contribution is 7.89. The van der Waals surface area contributed by atoms with E-state index in [1.165, 1.54) is 0 Å². The van der Waals surface area contributed by atoms with Crippen molar-refractivity contribution in [2.24, 2.45) is 0 Å². The molecule has 0 aliphatic carbocycles. The maximum atomic E-state index is 12.3. The van der Waals surface area contributed by atoms with Gasteiger partial charge in [-0.05, 0) is 37.5 Å². The van der Waals surface area contributed by atoms with Crippen molar-refractivity contribution in [2.75, 3.05) is 6.54 Å². The Morgan fingerprint density at radius 3 is 2.50 bits per heavy atom. The minimum Gasteiger partial charge on any atom is -0.392 e. The van der Waals surface area contributed by atoms with Crippen molar-refractivity contribution in [2.45, 2.75) is 44.6 Å². The van der Waals surface area contributed by atoms with E-state index in [0.29, 0.717) is 22.6 Å². The molecule has 0 amide bonds. The second kappa shape index (κ2) is 7.09. The summed E-state index contributed by atoms with van der Waals surface area (Å²) in [7, 11) is -3.81. The van der Waals surface area contributed by atoms with E-state index < -0.39 is 16.1 Å². The summed E-state index contributed by atoms with van der Waals surface area (Å²) >= 11 is 12.1. The van der Waals surface area contributed by atoms with Gasteiger partial charge < -0.3 is 5.11 Å². The van der Waals surface area contributed by atoms with Gasteiger partial charge in [-0.3, -0.25) is 0 Å². The molecule has 1 atom stereocenters. The first-order valence-electron chi connectivity index (χ1n) is 6.33. The van der Waals surface area contributed by atoms with Crippen molar-refractivity contribution in [3.05, 3.63) is 27.2 Å². The van der Waals surface area contributed by atoms with Gasteiger partial charge in [0.15, 0.2) is 0 Å².